The van der Waals surface area contributed by atoms with E-state index >= 15 is 0 Å². The largest absolute Gasteiger partial charge is 0.480 e. The maximum atomic E-state index is 11.6. The first-order chi connectivity index (χ1) is 8.65. The molecule has 1 aromatic carbocycles. The van der Waals surface area contributed by atoms with E-state index in [9.17, 15) is 9.90 Å². The van der Waals surface area contributed by atoms with Crippen LogP contribution in [0.2, 0.25) is 0 Å². The lowest BCUT2D eigenvalue weighted by Gasteiger charge is -2.38. The van der Waals surface area contributed by atoms with Gasteiger partial charge in [0.1, 0.15) is 6.04 Å². The molecule has 0 bridgehead atoms. The Morgan fingerprint density at radius 3 is 2.94 bits per heavy atom. The molecule has 98 valence electrons. The molecule has 1 N–H and O–H groups in total. The number of carboxylic acids is 1. The van der Waals surface area contributed by atoms with Gasteiger partial charge in [-0.2, -0.15) is 0 Å². The van der Waals surface area contributed by atoms with Crippen LogP contribution in [0.5, 0.6) is 0 Å². The van der Waals surface area contributed by atoms with E-state index in [2.05, 4.69) is 0 Å². The van der Waals surface area contributed by atoms with Gasteiger partial charge in [0.25, 0.3) is 0 Å². The number of ether oxygens (including phenoxy) is 1. The summed E-state index contributed by atoms with van der Waals surface area (Å²) in [6, 6.07) is 7.35. The van der Waals surface area contributed by atoms with Crippen LogP contribution in [0.3, 0.4) is 0 Å². The first-order valence-corrected chi connectivity index (χ1v) is 6.20. The smallest absolute Gasteiger partial charge is 0.325 e. The van der Waals surface area contributed by atoms with Crippen molar-refractivity contribution >= 4 is 5.97 Å². The normalized spacial score (nSPS) is 21.3. The van der Waals surface area contributed by atoms with Crippen molar-refractivity contribution in [3.8, 4) is 0 Å². The summed E-state index contributed by atoms with van der Waals surface area (Å²) in [4.78, 5) is 13.6. The number of carbonyl (C=O) groups is 1. The van der Waals surface area contributed by atoms with Crippen LogP contribution in [0.1, 0.15) is 24.1 Å². The number of hydrogen-bond acceptors (Lipinski definition) is 3. The van der Waals surface area contributed by atoms with E-state index in [1.807, 2.05) is 36.1 Å². The van der Waals surface area contributed by atoms with Crippen molar-refractivity contribution in [2.24, 2.45) is 0 Å². The second-order valence-corrected chi connectivity index (χ2v) is 4.73. The number of rotatable bonds is 4. The minimum absolute atomic E-state index is 0.101. The lowest BCUT2D eigenvalue weighted by molar-refractivity contribution is -0.145. The van der Waals surface area contributed by atoms with Crippen LogP contribution in [0.15, 0.2) is 24.3 Å². The highest BCUT2D eigenvalue weighted by Crippen LogP contribution is 2.31. The van der Waals surface area contributed by atoms with Crippen LogP contribution in [-0.4, -0.2) is 42.3 Å². The zero-order valence-corrected chi connectivity index (χ0v) is 10.8. The Labute approximate surface area is 107 Å². The fraction of sp³-hybridized carbons (Fsp3) is 0.500. The van der Waals surface area contributed by atoms with Gasteiger partial charge < -0.3 is 9.84 Å². The van der Waals surface area contributed by atoms with Gasteiger partial charge in [0.2, 0.25) is 0 Å². The zero-order chi connectivity index (χ0) is 13.1. The molecular formula is C14H19NO3. The first kappa shape index (κ1) is 13.1. The van der Waals surface area contributed by atoms with Gasteiger partial charge in [0.15, 0.2) is 0 Å². The van der Waals surface area contributed by atoms with Crippen molar-refractivity contribution in [1.82, 2.24) is 4.90 Å². The molecule has 2 unspecified atom stereocenters. The summed E-state index contributed by atoms with van der Waals surface area (Å²) in [7, 11) is 1.64. The fourth-order valence-corrected chi connectivity index (χ4v) is 2.67. The molecule has 0 radical (unpaired) electrons. The van der Waals surface area contributed by atoms with Crippen LogP contribution < -0.4 is 0 Å². The van der Waals surface area contributed by atoms with Crippen LogP contribution in [0.4, 0.5) is 0 Å². The van der Waals surface area contributed by atoms with E-state index in [1.54, 1.807) is 7.11 Å². The van der Waals surface area contributed by atoms with Gasteiger partial charge in [0, 0.05) is 19.7 Å². The summed E-state index contributed by atoms with van der Waals surface area (Å²) in [5.74, 6) is -0.787. The molecule has 2 rings (SSSR count). The van der Waals surface area contributed by atoms with Crippen molar-refractivity contribution in [1.29, 1.82) is 0 Å². The second-order valence-electron chi connectivity index (χ2n) is 4.73. The van der Waals surface area contributed by atoms with E-state index in [1.165, 1.54) is 0 Å². The predicted octanol–water partition coefficient (Wildman–Crippen LogP) is 1.71. The van der Waals surface area contributed by atoms with Gasteiger partial charge >= 0.3 is 5.97 Å². The Balaban J connectivity index is 2.32. The molecular weight excluding hydrogens is 230 g/mol. The molecule has 1 aliphatic rings. The monoisotopic (exact) mass is 249 g/mol. The molecule has 0 aliphatic carbocycles. The van der Waals surface area contributed by atoms with E-state index in [-0.39, 0.29) is 6.04 Å². The molecule has 2 atom stereocenters. The zero-order valence-electron chi connectivity index (χ0n) is 10.8. The lowest BCUT2D eigenvalue weighted by atomic mass is 9.91. The van der Waals surface area contributed by atoms with Crippen molar-refractivity contribution < 1.29 is 14.6 Å². The third kappa shape index (κ3) is 2.40. The van der Waals surface area contributed by atoms with Crippen molar-refractivity contribution in [2.45, 2.75) is 25.4 Å². The minimum atomic E-state index is -0.787. The average molecular weight is 249 g/mol. The fourth-order valence-electron chi connectivity index (χ4n) is 2.67. The maximum absolute atomic E-state index is 11.6. The maximum Gasteiger partial charge on any atom is 0.325 e. The summed E-state index contributed by atoms with van der Waals surface area (Å²) >= 11 is 0. The molecule has 0 amide bonds. The summed E-state index contributed by atoms with van der Waals surface area (Å²) in [6.07, 6.45) is 0.897. The Kier molecular flexibility index (Phi) is 3.99. The molecule has 1 heterocycles. The number of hydrogen-bond donors (Lipinski definition) is 1. The SMILES string of the molecule is COCC(C)N1CCc2ccccc2C1C(=O)O. The number of methoxy groups -OCH3 is 1. The Morgan fingerprint density at radius 2 is 2.28 bits per heavy atom. The lowest BCUT2D eigenvalue weighted by Crippen LogP contribution is -2.46. The highest BCUT2D eigenvalue weighted by Gasteiger charge is 2.35. The highest BCUT2D eigenvalue weighted by molar-refractivity contribution is 5.76. The molecule has 0 fully saturated rings. The minimum Gasteiger partial charge on any atom is -0.480 e. The summed E-state index contributed by atoms with van der Waals surface area (Å²) in [5.41, 5.74) is 2.06. The number of fused-ring (bicyclic) bond motifs is 1. The van der Waals surface area contributed by atoms with Crippen LogP contribution in [-0.2, 0) is 16.0 Å². The Morgan fingerprint density at radius 1 is 1.56 bits per heavy atom. The Bertz CT molecular complexity index is 433. The van der Waals surface area contributed by atoms with Gasteiger partial charge in [-0.3, -0.25) is 9.69 Å². The van der Waals surface area contributed by atoms with Crippen molar-refractivity contribution in [2.75, 3.05) is 20.3 Å². The molecule has 0 saturated heterocycles. The average Bonchev–Trinajstić information content (AvgIpc) is 2.37. The molecule has 0 aromatic heterocycles. The summed E-state index contributed by atoms with van der Waals surface area (Å²) < 4.78 is 5.14. The van der Waals surface area contributed by atoms with Gasteiger partial charge in [0.05, 0.1) is 6.61 Å². The van der Waals surface area contributed by atoms with Crippen LogP contribution >= 0.6 is 0 Å². The molecule has 4 nitrogen and oxygen atoms in total. The molecule has 4 heteroatoms. The standard InChI is InChI=1S/C14H19NO3/c1-10(9-18-2)15-8-7-11-5-3-4-6-12(11)13(15)14(16)17/h3-6,10,13H,7-9H2,1-2H3,(H,16,17). The number of aliphatic carboxylic acids is 1. The van der Waals surface area contributed by atoms with E-state index in [4.69, 9.17) is 4.74 Å². The summed E-state index contributed by atoms with van der Waals surface area (Å²) in [6.45, 7) is 3.32. The quantitative estimate of drug-likeness (QED) is 0.882. The summed E-state index contributed by atoms with van der Waals surface area (Å²) in [5, 5.41) is 9.49. The topological polar surface area (TPSA) is 49.8 Å². The van der Waals surface area contributed by atoms with Gasteiger partial charge in [-0.05, 0) is 24.5 Å². The van der Waals surface area contributed by atoms with Gasteiger partial charge in [-0.15, -0.1) is 0 Å². The van der Waals surface area contributed by atoms with Crippen molar-refractivity contribution in [3.63, 3.8) is 0 Å². The third-order valence-electron chi connectivity index (χ3n) is 3.53. The first-order valence-electron chi connectivity index (χ1n) is 6.20. The van der Waals surface area contributed by atoms with Crippen molar-refractivity contribution in [3.05, 3.63) is 35.4 Å². The highest BCUT2D eigenvalue weighted by atomic mass is 16.5. The molecule has 0 saturated carbocycles. The number of nitrogens with zero attached hydrogens (tertiary/aromatic N) is 1. The number of benzene rings is 1. The second kappa shape index (κ2) is 5.50. The van der Waals surface area contributed by atoms with E-state index in [0.717, 1.165) is 24.1 Å². The molecule has 0 spiro atoms. The molecule has 1 aromatic rings. The molecule has 1 aliphatic heterocycles. The Hall–Kier alpha value is -1.39. The number of carboxylic acid groups (broad SMARTS) is 1. The van der Waals surface area contributed by atoms with Crippen LogP contribution in [0, 0.1) is 0 Å². The predicted molar refractivity (Wildman–Crippen MR) is 68.6 cm³/mol. The third-order valence-corrected chi connectivity index (χ3v) is 3.53. The van der Waals surface area contributed by atoms with Gasteiger partial charge in [-0.1, -0.05) is 24.3 Å². The van der Waals surface area contributed by atoms with Crippen LogP contribution in [0.25, 0.3) is 0 Å². The van der Waals surface area contributed by atoms with E-state index in [0.29, 0.717) is 6.61 Å². The van der Waals surface area contributed by atoms with E-state index < -0.39 is 12.0 Å². The molecule has 18 heavy (non-hydrogen) atoms. The van der Waals surface area contributed by atoms with Gasteiger partial charge in [-0.25, -0.2) is 0 Å².